The third-order valence-electron chi connectivity index (χ3n) is 3.20. The monoisotopic (exact) mass is 262 g/mol. The SMILES string of the molecule is CCCn1cccc1CNCc1sccc1CC. The first kappa shape index (κ1) is 13.4. The summed E-state index contributed by atoms with van der Waals surface area (Å²) in [5, 5.41) is 5.74. The van der Waals surface area contributed by atoms with Crippen LogP contribution in [0.25, 0.3) is 0 Å². The number of hydrogen-bond donors (Lipinski definition) is 1. The van der Waals surface area contributed by atoms with Crippen molar-refractivity contribution in [1.82, 2.24) is 9.88 Å². The summed E-state index contributed by atoms with van der Waals surface area (Å²) in [6, 6.07) is 6.58. The fourth-order valence-corrected chi connectivity index (χ4v) is 3.16. The molecule has 0 saturated heterocycles. The first-order valence-corrected chi connectivity index (χ1v) is 7.63. The molecule has 2 heterocycles. The Kier molecular flexibility index (Phi) is 5.02. The van der Waals surface area contributed by atoms with Gasteiger partial charge in [-0.2, -0.15) is 0 Å². The molecule has 0 atom stereocenters. The number of rotatable bonds is 7. The zero-order chi connectivity index (χ0) is 12.8. The zero-order valence-electron chi connectivity index (χ0n) is 11.3. The molecule has 0 aliphatic carbocycles. The van der Waals surface area contributed by atoms with E-state index in [-0.39, 0.29) is 0 Å². The number of nitrogens with one attached hydrogen (secondary N) is 1. The van der Waals surface area contributed by atoms with Gasteiger partial charge in [0.1, 0.15) is 0 Å². The van der Waals surface area contributed by atoms with Crippen LogP contribution in [0.15, 0.2) is 29.8 Å². The molecule has 0 spiro atoms. The summed E-state index contributed by atoms with van der Waals surface area (Å²) in [6.45, 7) is 7.49. The molecule has 2 nitrogen and oxygen atoms in total. The third-order valence-corrected chi connectivity index (χ3v) is 4.16. The van der Waals surface area contributed by atoms with Crippen LogP contribution in [0.3, 0.4) is 0 Å². The van der Waals surface area contributed by atoms with E-state index in [2.05, 4.69) is 53.5 Å². The van der Waals surface area contributed by atoms with Gasteiger partial charge >= 0.3 is 0 Å². The predicted octanol–water partition coefficient (Wildman–Crippen LogP) is 3.81. The Labute approximate surface area is 114 Å². The molecular formula is C15H22N2S. The van der Waals surface area contributed by atoms with Gasteiger partial charge in [-0.15, -0.1) is 11.3 Å². The van der Waals surface area contributed by atoms with Crippen molar-refractivity contribution < 1.29 is 0 Å². The van der Waals surface area contributed by atoms with E-state index < -0.39 is 0 Å². The van der Waals surface area contributed by atoms with Gasteiger partial charge in [-0.25, -0.2) is 0 Å². The van der Waals surface area contributed by atoms with Crippen molar-refractivity contribution in [2.45, 2.75) is 46.3 Å². The quantitative estimate of drug-likeness (QED) is 0.803. The molecule has 2 aromatic rings. The van der Waals surface area contributed by atoms with E-state index >= 15 is 0 Å². The summed E-state index contributed by atoms with van der Waals surface area (Å²) in [7, 11) is 0. The van der Waals surface area contributed by atoms with E-state index in [0.29, 0.717) is 0 Å². The summed E-state index contributed by atoms with van der Waals surface area (Å²) in [5.41, 5.74) is 2.86. The standard InChI is InChI=1S/C15H22N2S/c1-3-8-17-9-5-6-14(17)11-16-12-15-13(4-2)7-10-18-15/h5-7,9-10,16H,3-4,8,11-12H2,1-2H3. The number of nitrogens with zero attached hydrogens (tertiary/aromatic N) is 1. The molecule has 0 radical (unpaired) electrons. The molecule has 0 saturated carbocycles. The van der Waals surface area contributed by atoms with Crippen molar-refractivity contribution in [2.75, 3.05) is 0 Å². The van der Waals surface area contributed by atoms with E-state index in [4.69, 9.17) is 0 Å². The summed E-state index contributed by atoms with van der Waals surface area (Å²) in [4.78, 5) is 1.48. The first-order valence-electron chi connectivity index (χ1n) is 6.75. The van der Waals surface area contributed by atoms with E-state index in [1.807, 2.05) is 11.3 Å². The number of thiophene rings is 1. The summed E-state index contributed by atoms with van der Waals surface area (Å²) < 4.78 is 2.34. The molecule has 0 unspecified atom stereocenters. The summed E-state index contributed by atoms with van der Waals surface area (Å²) in [6.07, 6.45) is 4.49. The second-order valence-corrected chi connectivity index (χ2v) is 5.52. The minimum Gasteiger partial charge on any atom is -0.350 e. The van der Waals surface area contributed by atoms with E-state index in [9.17, 15) is 0 Å². The molecule has 0 aromatic carbocycles. The van der Waals surface area contributed by atoms with Crippen molar-refractivity contribution in [1.29, 1.82) is 0 Å². The molecule has 2 rings (SSSR count). The van der Waals surface area contributed by atoms with Crippen molar-refractivity contribution in [2.24, 2.45) is 0 Å². The molecule has 2 aromatic heterocycles. The number of hydrogen-bond acceptors (Lipinski definition) is 2. The van der Waals surface area contributed by atoms with Gasteiger partial charge < -0.3 is 9.88 Å². The molecule has 1 N–H and O–H groups in total. The fraction of sp³-hybridized carbons (Fsp3) is 0.467. The second kappa shape index (κ2) is 6.76. The topological polar surface area (TPSA) is 17.0 Å². The molecule has 3 heteroatoms. The lowest BCUT2D eigenvalue weighted by molar-refractivity contribution is 0.603. The van der Waals surface area contributed by atoms with Crippen LogP contribution < -0.4 is 5.32 Å². The highest BCUT2D eigenvalue weighted by Crippen LogP contribution is 2.17. The van der Waals surface area contributed by atoms with Crippen LogP contribution in [-0.4, -0.2) is 4.57 Å². The Balaban J connectivity index is 1.86. The van der Waals surface area contributed by atoms with Crippen LogP contribution in [0.4, 0.5) is 0 Å². The van der Waals surface area contributed by atoms with Crippen molar-refractivity contribution in [3.05, 3.63) is 45.9 Å². The lowest BCUT2D eigenvalue weighted by atomic mass is 10.2. The van der Waals surface area contributed by atoms with Crippen LogP contribution in [-0.2, 0) is 26.1 Å². The minimum atomic E-state index is 0.952. The second-order valence-electron chi connectivity index (χ2n) is 4.52. The Morgan fingerprint density at radius 1 is 1.22 bits per heavy atom. The van der Waals surface area contributed by atoms with E-state index in [1.54, 1.807) is 0 Å². The van der Waals surface area contributed by atoms with Gasteiger partial charge in [-0.1, -0.05) is 13.8 Å². The van der Waals surface area contributed by atoms with E-state index in [1.165, 1.54) is 22.6 Å². The fourth-order valence-electron chi connectivity index (χ4n) is 2.21. The number of aromatic nitrogens is 1. The highest BCUT2D eigenvalue weighted by atomic mass is 32.1. The molecule has 0 bridgehead atoms. The summed E-state index contributed by atoms with van der Waals surface area (Å²) in [5.74, 6) is 0. The van der Waals surface area contributed by atoms with E-state index in [0.717, 1.165) is 26.1 Å². The Morgan fingerprint density at radius 2 is 2.11 bits per heavy atom. The van der Waals surface area contributed by atoms with Gasteiger partial charge in [0.15, 0.2) is 0 Å². The van der Waals surface area contributed by atoms with Crippen molar-refractivity contribution in [3.8, 4) is 0 Å². The average Bonchev–Trinajstić information content (AvgIpc) is 2.99. The van der Waals surface area contributed by atoms with Gasteiger partial charge in [0.05, 0.1) is 0 Å². The van der Waals surface area contributed by atoms with Gasteiger partial charge in [0, 0.05) is 36.4 Å². The molecule has 98 valence electrons. The largest absolute Gasteiger partial charge is 0.350 e. The van der Waals surface area contributed by atoms with Crippen LogP contribution in [0.2, 0.25) is 0 Å². The molecule has 0 aliphatic heterocycles. The highest BCUT2D eigenvalue weighted by Gasteiger charge is 2.03. The van der Waals surface area contributed by atoms with Gasteiger partial charge in [0.2, 0.25) is 0 Å². The molecule has 0 amide bonds. The van der Waals surface area contributed by atoms with Crippen molar-refractivity contribution in [3.63, 3.8) is 0 Å². The zero-order valence-corrected chi connectivity index (χ0v) is 12.1. The maximum absolute atomic E-state index is 3.55. The van der Waals surface area contributed by atoms with Crippen LogP contribution in [0.1, 0.15) is 36.4 Å². The third kappa shape index (κ3) is 3.24. The maximum atomic E-state index is 3.55. The summed E-state index contributed by atoms with van der Waals surface area (Å²) >= 11 is 1.86. The molecule has 18 heavy (non-hydrogen) atoms. The Hall–Kier alpha value is -1.06. The van der Waals surface area contributed by atoms with Crippen LogP contribution >= 0.6 is 11.3 Å². The van der Waals surface area contributed by atoms with Gasteiger partial charge in [0.25, 0.3) is 0 Å². The average molecular weight is 262 g/mol. The molecule has 0 fully saturated rings. The normalized spacial score (nSPS) is 11.0. The first-order chi connectivity index (χ1) is 8.85. The molecule has 0 aliphatic rings. The Bertz CT molecular complexity index is 470. The van der Waals surface area contributed by atoms with Crippen LogP contribution in [0.5, 0.6) is 0 Å². The predicted molar refractivity (Wildman–Crippen MR) is 79.0 cm³/mol. The number of aryl methyl sites for hydroxylation is 2. The lowest BCUT2D eigenvalue weighted by Crippen LogP contribution is -2.15. The minimum absolute atomic E-state index is 0.952. The lowest BCUT2D eigenvalue weighted by Gasteiger charge is -2.09. The van der Waals surface area contributed by atoms with Crippen LogP contribution in [0, 0.1) is 0 Å². The van der Waals surface area contributed by atoms with Crippen molar-refractivity contribution >= 4 is 11.3 Å². The molecular weight excluding hydrogens is 240 g/mol. The van der Waals surface area contributed by atoms with Gasteiger partial charge in [-0.3, -0.25) is 0 Å². The maximum Gasteiger partial charge on any atom is 0.0362 e. The Morgan fingerprint density at radius 3 is 2.89 bits per heavy atom. The smallest absolute Gasteiger partial charge is 0.0362 e. The van der Waals surface area contributed by atoms with Gasteiger partial charge in [-0.05, 0) is 42.0 Å². The highest BCUT2D eigenvalue weighted by molar-refractivity contribution is 7.10.